The Labute approximate surface area is 124 Å². The number of benzene rings is 1. The number of hydrogen-bond donors (Lipinski definition) is 1. The zero-order valence-electron chi connectivity index (χ0n) is 12.6. The summed E-state index contributed by atoms with van der Waals surface area (Å²) in [4.78, 5) is 11.5. The first-order valence-electron chi connectivity index (χ1n) is 7.00. The monoisotopic (exact) mass is 288 g/mol. The van der Waals surface area contributed by atoms with E-state index in [0.29, 0.717) is 19.6 Å². The number of carbonyl (C=O) groups excluding carboxylic acids is 1. The molecule has 0 aliphatic rings. The van der Waals surface area contributed by atoms with Crippen LogP contribution in [0.4, 0.5) is 0 Å². The molecule has 0 spiro atoms. The fourth-order valence-electron chi connectivity index (χ4n) is 2.01. The number of likely N-dealkylation sites (N-methyl/N-ethyl adjacent to an activating group) is 1. The lowest BCUT2D eigenvalue weighted by Gasteiger charge is -2.07. The van der Waals surface area contributed by atoms with Crippen LogP contribution in [0.25, 0.3) is 0 Å². The van der Waals surface area contributed by atoms with Crippen molar-refractivity contribution in [3.8, 4) is 5.75 Å². The van der Waals surface area contributed by atoms with Gasteiger partial charge in [0.05, 0.1) is 17.7 Å². The third kappa shape index (κ3) is 4.08. The maximum absolute atomic E-state index is 11.5. The second-order valence-electron chi connectivity index (χ2n) is 4.87. The molecule has 0 saturated carbocycles. The van der Waals surface area contributed by atoms with Gasteiger partial charge in [0.15, 0.2) is 0 Å². The van der Waals surface area contributed by atoms with Gasteiger partial charge in [0.25, 0.3) is 0 Å². The number of amides is 1. The van der Waals surface area contributed by atoms with Crippen LogP contribution in [0.15, 0.2) is 28.8 Å². The Bertz CT molecular complexity index is 583. The van der Waals surface area contributed by atoms with Crippen LogP contribution in [0.5, 0.6) is 5.75 Å². The molecule has 1 amide bonds. The molecule has 5 heteroatoms. The minimum atomic E-state index is 0.0295. The third-order valence-electron chi connectivity index (χ3n) is 3.23. The predicted molar refractivity (Wildman–Crippen MR) is 79.1 cm³/mol. The Balaban J connectivity index is 1.92. The quantitative estimate of drug-likeness (QED) is 0.887. The Kier molecular flexibility index (Phi) is 4.98. The smallest absolute Gasteiger partial charge is 0.224 e. The Morgan fingerprint density at radius 3 is 2.57 bits per heavy atom. The summed E-state index contributed by atoms with van der Waals surface area (Å²) in [7, 11) is 0. The van der Waals surface area contributed by atoms with Gasteiger partial charge in [0.2, 0.25) is 5.91 Å². The molecule has 0 saturated heterocycles. The number of ether oxygens (including phenoxy) is 1. The summed E-state index contributed by atoms with van der Waals surface area (Å²) in [6, 6.07) is 7.54. The SMILES string of the molecule is CCNC(=O)Cc1ccc(OCc2c(C)noc2C)cc1. The molecule has 0 aliphatic carbocycles. The van der Waals surface area contributed by atoms with E-state index in [1.54, 1.807) is 0 Å². The van der Waals surface area contributed by atoms with Gasteiger partial charge in [0.1, 0.15) is 18.1 Å². The minimum Gasteiger partial charge on any atom is -0.489 e. The van der Waals surface area contributed by atoms with E-state index in [1.165, 1.54) is 0 Å². The van der Waals surface area contributed by atoms with Crippen LogP contribution in [0.1, 0.15) is 29.5 Å². The number of nitrogens with zero attached hydrogens (tertiary/aromatic N) is 1. The Morgan fingerprint density at radius 2 is 2.00 bits per heavy atom. The van der Waals surface area contributed by atoms with E-state index >= 15 is 0 Å². The van der Waals surface area contributed by atoms with Crippen LogP contribution in [0.2, 0.25) is 0 Å². The van der Waals surface area contributed by atoms with Crippen molar-refractivity contribution in [3.63, 3.8) is 0 Å². The van der Waals surface area contributed by atoms with Crippen LogP contribution in [0.3, 0.4) is 0 Å². The fraction of sp³-hybridized carbons (Fsp3) is 0.375. The standard InChI is InChI=1S/C16H20N2O3/c1-4-17-16(19)9-13-5-7-14(8-6-13)20-10-15-11(2)18-21-12(15)3/h5-8H,4,9-10H2,1-3H3,(H,17,19). The molecular weight excluding hydrogens is 268 g/mol. The van der Waals surface area contributed by atoms with Gasteiger partial charge in [-0.1, -0.05) is 17.3 Å². The number of carbonyl (C=O) groups is 1. The van der Waals surface area contributed by atoms with Crippen molar-refractivity contribution in [1.29, 1.82) is 0 Å². The summed E-state index contributed by atoms with van der Waals surface area (Å²) >= 11 is 0. The van der Waals surface area contributed by atoms with E-state index in [2.05, 4.69) is 10.5 Å². The van der Waals surface area contributed by atoms with Crippen molar-refractivity contribution in [2.24, 2.45) is 0 Å². The predicted octanol–water partition coefficient (Wildman–Crippen LogP) is 2.55. The van der Waals surface area contributed by atoms with Gasteiger partial charge in [-0.25, -0.2) is 0 Å². The summed E-state index contributed by atoms with van der Waals surface area (Å²) in [6.45, 7) is 6.75. The molecule has 0 radical (unpaired) electrons. The molecule has 1 N–H and O–H groups in total. The van der Waals surface area contributed by atoms with Crippen LogP contribution < -0.4 is 10.1 Å². The van der Waals surface area contributed by atoms with Gasteiger partial charge in [-0.05, 0) is 38.5 Å². The van der Waals surface area contributed by atoms with Crippen molar-refractivity contribution in [3.05, 3.63) is 46.8 Å². The van der Waals surface area contributed by atoms with E-state index in [9.17, 15) is 4.79 Å². The lowest BCUT2D eigenvalue weighted by molar-refractivity contribution is -0.120. The number of nitrogens with one attached hydrogen (secondary N) is 1. The molecule has 112 valence electrons. The molecule has 5 nitrogen and oxygen atoms in total. The van der Waals surface area contributed by atoms with E-state index in [-0.39, 0.29) is 5.91 Å². The summed E-state index contributed by atoms with van der Waals surface area (Å²) in [5.41, 5.74) is 2.78. The highest BCUT2D eigenvalue weighted by atomic mass is 16.5. The van der Waals surface area contributed by atoms with Crippen LogP contribution in [-0.4, -0.2) is 17.6 Å². The molecule has 0 fully saturated rings. The van der Waals surface area contributed by atoms with E-state index < -0.39 is 0 Å². The van der Waals surface area contributed by atoms with E-state index in [4.69, 9.17) is 9.26 Å². The highest BCUT2D eigenvalue weighted by Crippen LogP contribution is 2.18. The first-order chi connectivity index (χ1) is 10.1. The molecule has 0 aliphatic heterocycles. The van der Waals surface area contributed by atoms with E-state index in [1.807, 2.05) is 45.0 Å². The molecule has 1 heterocycles. The normalized spacial score (nSPS) is 10.4. The highest BCUT2D eigenvalue weighted by Gasteiger charge is 2.09. The number of hydrogen-bond acceptors (Lipinski definition) is 4. The average Bonchev–Trinajstić information content (AvgIpc) is 2.78. The lowest BCUT2D eigenvalue weighted by Crippen LogP contribution is -2.24. The summed E-state index contributed by atoms with van der Waals surface area (Å²) in [5, 5.41) is 6.67. The van der Waals surface area contributed by atoms with Crippen molar-refractivity contribution in [1.82, 2.24) is 10.5 Å². The Hall–Kier alpha value is -2.30. The molecule has 21 heavy (non-hydrogen) atoms. The second kappa shape index (κ2) is 6.92. The fourth-order valence-corrected chi connectivity index (χ4v) is 2.01. The molecule has 0 bridgehead atoms. The second-order valence-corrected chi connectivity index (χ2v) is 4.87. The number of aromatic nitrogens is 1. The van der Waals surface area contributed by atoms with E-state index in [0.717, 1.165) is 28.3 Å². The van der Waals surface area contributed by atoms with Crippen molar-refractivity contribution >= 4 is 5.91 Å². The van der Waals surface area contributed by atoms with Crippen molar-refractivity contribution in [2.75, 3.05) is 6.54 Å². The zero-order valence-corrected chi connectivity index (χ0v) is 12.6. The lowest BCUT2D eigenvalue weighted by atomic mass is 10.1. The van der Waals surface area contributed by atoms with Gasteiger partial charge in [-0.2, -0.15) is 0 Å². The molecule has 0 unspecified atom stereocenters. The van der Waals surface area contributed by atoms with Crippen LogP contribution in [-0.2, 0) is 17.8 Å². The van der Waals surface area contributed by atoms with Crippen molar-refractivity contribution in [2.45, 2.75) is 33.8 Å². The third-order valence-corrected chi connectivity index (χ3v) is 3.23. The molecular formula is C16H20N2O3. The summed E-state index contributed by atoms with van der Waals surface area (Å²) < 4.78 is 10.8. The summed E-state index contributed by atoms with van der Waals surface area (Å²) in [6.07, 6.45) is 0.387. The largest absolute Gasteiger partial charge is 0.489 e. The van der Waals surface area contributed by atoms with Gasteiger partial charge >= 0.3 is 0 Å². The molecule has 2 aromatic rings. The average molecular weight is 288 g/mol. The molecule has 0 atom stereocenters. The molecule has 1 aromatic carbocycles. The van der Waals surface area contributed by atoms with Crippen LogP contribution in [0, 0.1) is 13.8 Å². The number of rotatable bonds is 6. The maximum atomic E-state index is 11.5. The molecule has 1 aromatic heterocycles. The zero-order chi connectivity index (χ0) is 15.2. The maximum Gasteiger partial charge on any atom is 0.224 e. The molecule has 2 rings (SSSR count). The minimum absolute atomic E-state index is 0.0295. The van der Waals surface area contributed by atoms with Crippen LogP contribution >= 0.6 is 0 Å². The van der Waals surface area contributed by atoms with Gasteiger partial charge in [-0.3, -0.25) is 4.79 Å². The van der Waals surface area contributed by atoms with Gasteiger partial charge in [-0.15, -0.1) is 0 Å². The Morgan fingerprint density at radius 1 is 1.29 bits per heavy atom. The number of aryl methyl sites for hydroxylation is 2. The van der Waals surface area contributed by atoms with Crippen molar-refractivity contribution < 1.29 is 14.1 Å². The van der Waals surface area contributed by atoms with Gasteiger partial charge < -0.3 is 14.6 Å². The van der Waals surface area contributed by atoms with Gasteiger partial charge in [0, 0.05) is 6.54 Å². The summed E-state index contributed by atoms with van der Waals surface area (Å²) in [5.74, 6) is 1.57. The highest BCUT2D eigenvalue weighted by molar-refractivity contribution is 5.78. The first kappa shape index (κ1) is 15.1. The topological polar surface area (TPSA) is 64.4 Å². The first-order valence-corrected chi connectivity index (χ1v) is 7.00.